The van der Waals surface area contributed by atoms with E-state index in [1.807, 2.05) is 6.92 Å². The number of halogens is 3. The molecule has 108 valence electrons. The lowest BCUT2D eigenvalue weighted by molar-refractivity contribution is -0.138. The molecular formula is C12H12F3N3S2. The molecule has 0 saturated heterocycles. The van der Waals surface area contributed by atoms with Crippen LogP contribution in [0, 0.1) is 0 Å². The van der Waals surface area contributed by atoms with Gasteiger partial charge in [-0.3, -0.25) is 0 Å². The number of nitrogen functional groups attached to an aromatic ring is 1. The van der Waals surface area contributed by atoms with Gasteiger partial charge < -0.3 is 5.73 Å². The predicted molar refractivity (Wildman–Crippen MR) is 74.7 cm³/mol. The highest BCUT2D eigenvalue weighted by molar-refractivity contribution is 8.00. The van der Waals surface area contributed by atoms with E-state index in [4.69, 9.17) is 5.73 Å². The third-order valence-corrected chi connectivity index (χ3v) is 4.48. The van der Waals surface area contributed by atoms with E-state index in [0.29, 0.717) is 16.6 Å². The maximum Gasteiger partial charge on any atom is 0.416 e. The summed E-state index contributed by atoms with van der Waals surface area (Å²) < 4.78 is 43.5. The van der Waals surface area contributed by atoms with Crippen LogP contribution in [0.2, 0.25) is 0 Å². The van der Waals surface area contributed by atoms with Crippen LogP contribution in [0.3, 0.4) is 0 Å². The molecule has 0 aliphatic carbocycles. The molecule has 0 aliphatic heterocycles. The molecule has 0 spiro atoms. The lowest BCUT2D eigenvalue weighted by Crippen LogP contribution is -2.09. The fourth-order valence-corrected chi connectivity index (χ4v) is 3.26. The van der Waals surface area contributed by atoms with Crippen molar-refractivity contribution in [3.8, 4) is 0 Å². The van der Waals surface area contributed by atoms with Gasteiger partial charge in [0.05, 0.1) is 5.56 Å². The number of aromatic nitrogens is 2. The van der Waals surface area contributed by atoms with Gasteiger partial charge in [0.15, 0.2) is 4.34 Å². The van der Waals surface area contributed by atoms with Gasteiger partial charge in [0.1, 0.15) is 5.82 Å². The Morgan fingerprint density at radius 2 is 2.10 bits per heavy atom. The third kappa shape index (κ3) is 3.63. The average Bonchev–Trinajstić information content (AvgIpc) is 2.84. The zero-order valence-corrected chi connectivity index (χ0v) is 12.2. The predicted octanol–water partition coefficient (Wildman–Crippen LogP) is 3.99. The summed E-state index contributed by atoms with van der Waals surface area (Å²) in [5.41, 5.74) is 5.04. The first-order valence-corrected chi connectivity index (χ1v) is 7.57. The number of aryl methyl sites for hydroxylation is 1. The van der Waals surface area contributed by atoms with Gasteiger partial charge >= 0.3 is 6.18 Å². The fourth-order valence-electron chi connectivity index (χ4n) is 1.56. The van der Waals surface area contributed by atoms with Crippen molar-refractivity contribution in [1.82, 2.24) is 9.36 Å². The second kappa shape index (κ2) is 6.01. The third-order valence-electron chi connectivity index (χ3n) is 2.56. The van der Waals surface area contributed by atoms with E-state index in [-0.39, 0.29) is 17.0 Å². The maximum absolute atomic E-state index is 12.9. The van der Waals surface area contributed by atoms with E-state index in [9.17, 15) is 13.2 Å². The minimum absolute atomic E-state index is 0.107. The lowest BCUT2D eigenvalue weighted by atomic mass is 10.1. The van der Waals surface area contributed by atoms with Gasteiger partial charge in [0.2, 0.25) is 0 Å². The summed E-state index contributed by atoms with van der Waals surface area (Å²) in [4.78, 5) is 4.22. The first-order chi connectivity index (χ1) is 9.40. The summed E-state index contributed by atoms with van der Waals surface area (Å²) in [5, 5.41) is 0. The van der Waals surface area contributed by atoms with Crippen LogP contribution in [0.15, 0.2) is 22.5 Å². The summed E-state index contributed by atoms with van der Waals surface area (Å²) in [6, 6.07) is 3.85. The molecule has 8 heteroatoms. The molecule has 1 aromatic heterocycles. The number of nitrogens with zero attached hydrogens (tertiary/aromatic N) is 2. The monoisotopic (exact) mass is 319 g/mol. The Balaban J connectivity index is 2.17. The number of benzene rings is 1. The molecule has 2 aromatic rings. The quantitative estimate of drug-likeness (QED) is 0.684. The molecule has 2 N–H and O–H groups in total. The molecule has 0 saturated carbocycles. The van der Waals surface area contributed by atoms with Gasteiger partial charge in [-0.1, -0.05) is 24.8 Å². The Bertz CT molecular complexity index is 596. The summed E-state index contributed by atoms with van der Waals surface area (Å²) >= 11 is 2.46. The van der Waals surface area contributed by atoms with Crippen LogP contribution in [-0.2, 0) is 18.3 Å². The van der Waals surface area contributed by atoms with Crippen molar-refractivity contribution in [2.75, 3.05) is 5.73 Å². The first-order valence-electron chi connectivity index (χ1n) is 5.81. The van der Waals surface area contributed by atoms with E-state index in [0.717, 1.165) is 6.07 Å². The smallest absolute Gasteiger partial charge is 0.399 e. The van der Waals surface area contributed by atoms with Gasteiger partial charge in [-0.2, -0.15) is 17.5 Å². The van der Waals surface area contributed by atoms with Crippen molar-refractivity contribution < 1.29 is 13.2 Å². The standard InChI is InChI=1S/C12H12F3N3S2/c1-2-10-17-11(20-18-10)19-6-7-3-4-8(16)5-9(7)12(13,14)15/h3-5H,2,6,16H2,1H3. The van der Waals surface area contributed by atoms with Gasteiger partial charge in [0.25, 0.3) is 0 Å². The van der Waals surface area contributed by atoms with Crippen LogP contribution < -0.4 is 5.73 Å². The summed E-state index contributed by atoms with van der Waals surface area (Å²) in [6.07, 6.45) is -3.69. The van der Waals surface area contributed by atoms with Crippen molar-refractivity contribution in [3.63, 3.8) is 0 Å². The number of hydrogen-bond acceptors (Lipinski definition) is 5. The first kappa shape index (κ1) is 15.1. The largest absolute Gasteiger partial charge is 0.416 e. The van der Waals surface area contributed by atoms with E-state index >= 15 is 0 Å². The molecule has 0 aliphatic rings. The second-order valence-corrected chi connectivity index (χ2v) is 6.01. The van der Waals surface area contributed by atoms with Crippen LogP contribution in [0.4, 0.5) is 18.9 Å². The molecule has 2 rings (SSSR count). The zero-order valence-electron chi connectivity index (χ0n) is 10.6. The number of alkyl halides is 3. The molecule has 0 bridgehead atoms. The number of rotatable bonds is 4. The Morgan fingerprint density at radius 1 is 1.35 bits per heavy atom. The molecule has 0 radical (unpaired) electrons. The molecule has 3 nitrogen and oxygen atoms in total. The molecule has 0 atom stereocenters. The lowest BCUT2D eigenvalue weighted by Gasteiger charge is -2.12. The zero-order chi connectivity index (χ0) is 14.8. The Kier molecular flexibility index (Phi) is 4.54. The Labute approximate surface area is 122 Å². The molecule has 0 amide bonds. The van der Waals surface area contributed by atoms with Gasteiger partial charge in [0, 0.05) is 17.9 Å². The van der Waals surface area contributed by atoms with Gasteiger partial charge in [-0.25, -0.2) is 4.98 Å². The van der Waals surface area contributed by atoms with Crippen molar-refractivity contribution in [1.29, 1.82) is 0 Å². The highest BCUT2D eigenvalue weighted by atomic mass is 32.2. The highest BCUT2D eigenvalue weighted by Gasteiger charge is 2.33. The number of hydrogen-bond donors (Lipinski definition) is 1. The van der Waals surface area contributed by atoms with E-state index in [1.54, 1.807) is 0 Å². The van der Waals surface area contributed by atoms with E-state index in [1.165, 1.54) is 35.4 Å². The van der Waals surface area contributed by atoms with Crippen molar-refractivity contribution >= 4 is 29.0 Å². The molecule has 20 heavy (non-hydrogen) atoms. The van der Waals surface area contributed by atoms with Crippen molar-refractivity contribution in [2.24, 2.45) is 0 Å². The van der Waals surface area contributed by atoms with Crippen LogP contribution in [0.1, 0.15) is 23.9 Å². The molecule has 1 heterocycles. The van der Waals surface area contributed by atoms with Crippen LogP contribution in [-0.4, -0.2) is 9.36 Å². The fraction of sp³-hybridized carbons (Fsp3) is 0.333. The minimum Gasteiger partial charge on any atom is -0.399 e. The van der Waals surface area contributed by atoms with Crippen molar-refractivity contribution in [3.05, 3.63) is 35.2 Å². The average molecular weight is 319 g/mol. The normalized spacial score (nSPS) is 11.8. The number of anilines is 1. The molecule has 0 unspecified atom stereocenters. The second-order valence-electron chi connectivity index (χ2n) is 4.03. The van der Waals surface area contributed by atoms with Gasteiger partial charge in [-0.05, 0) is 29.2 Å². The van der Waals surface area contributed by atoms with E-state index < -0.39 is 11.7 Å². The van der Waals surface area contributed by atoms with E-state index in [2.05, 4.69) is 9.36 Å². The number of nitrogens with two attached hydrogens (primary N) is 1. The maximum atomic E-state index is 12.9. The van der Waals surface area contributed by atoms with Gasteiger partial charge in [-0.15, -0.1) is 0 Å². The van der Waals surface area contributed by atoms with Crippen LogP contribution >= 0.6 is 23.3 Å². The highest BCUT2D eigenvalue weighted by Crippen LogP contribution is 2.36. The summed E-state index contributed by atoms with van der Waals surface area (Å²) in [6.45, 7) is 1.93. The molecule has 0 fully saturated rings. The summed E-state index contributed by atoms with van der Waals surface area (Å²) in [5.74, 6) is 0.902. The minimum atomic E-state index is -4.40. The number of thioether (sulfide) groups is 1. The van der Waals surface area contributed by atoms with Crippen LogP contribution in [0.25, 0.3) is 0 Å². The Morgan fingerprint density at radius 3 is 2.70 bits per heavy atom. The summed E-state index contributed by atoms with van der Waals surface area (Å²) in [7, 11) is 0. The SMILES string of the molecule is CCc1nsc(SCc2ccc(N)cc2C(F)(F)F)n1. The topological polar surface area (TPSA) is 51.8 Å². The van der Waals surface area contributed by atoms with Crippen LogP contribution in [0.5, 0.6) is 0 Å². The molecular weight excluding hydrogens is 307 g/mol. The van der Waals surface area contributed by atoms with Crippen molar-refractivity contribution in [2.45, 2.75) is 29.6 Å². The Hall–Kier alpha value is -1.28. The molecule has 1 aromatic carbocycles.